The zero-order chi connectivity index (χ0) is 16.1. The number of carbonyl (C=O) groups is 1. The van der Waals surface area contributed by atoms with Crippen LogP contribution in [0.5, 0.6) is 5.75 Å². The number of anilines is 1. The molecule has 1 aromatic rings. The highest BCUT2D eigenvalue weighted by molar-refractivity contribution is 5.75. The number of benzene rings is 1. The summed E-state index contributed by atoms with van der Waals surface area (Å²) in [7, 11) is 1.70. The number of methoxy groups -OCH3 is 1. The van der Waals surface area contributed by atoms with Gasteiger partial charge < -0.3 is 19.9 Å². The van der Waals surface area contributed by atoms with Gasteiger partial charge in [0.25, 0.3) is 0 Å². The molecule has 1 aliphatic heterocycles. The maximum Gasteiger partial charge on any atom is 0.317 e. The number of aryl methyl sites for hydroxylation is 1. The first kappa shape index (κ1) is 16.5. The number of hydrogen-bond donors (Lipinski definition) is 1. The van der Waals surface area contributed by atoms with Crippen molar-refractivity contribution in [3.8, 4) is 5.75 Å². The highest BCUT2D eigenvalue weighted by Crippen LogP contribution is 2.29. The van der Waals surface area contributed by atoms with Crippen LogP contribution in [-0.2, 0) is 0 Å². The van der Waals surface area contributed by atoms with Gasteiger partial charge in [-0.1, -0.05) is 13.0 Å². The molecule has 0 spiro atoms. The number of ether oxygens (including phenoxy) is 1. The van der Waals surface area contributed by atoms with Gasteiger partial charge in [-0.15, -0.1) is 0 Å². The van der Waals surface area contributed by atoms with E-state index in [-0.39, 0.29) is 12.1 Å². The van der Waals surface area contributed by atoms with E-state index in [2.05, 4.69) is 36.2 Å². The predicted octanol–water partition coefficient (Wildman–Crippen LogP) is 2.63. The van der Waals surface area contributed by atoms with Crippen LogP contribution in [0.3, 0.4) is 0 Å². The van der Waals surface area contributed by atoms with E-state index in [0.717, 1.165) is 44.0 Å². The second-order valence-electron chi connectivity index (χ2n) is 5.91. The van der Waals surface area contributed by atoms with E-state index in [1.54, 1.807) is 7.11 Å². The quantitative estimate of drug-likeness (QED) is 0.930. The minimum Gasteiger partial charge on any atom is -0.495 e. The highest BCUT2D eigenvalue weighted by atomic mass is 16.5. The molecular formula is C17H27N3O2. The van der Waals surface area contributed by atoms with Crippen molar-refractivity contribution in [1.29, 1.82) is 0 Å². The molecule has 1 atom stereocenters. The van der Waals surface area contributed by atoms with Crippen molar-refractivity contribution in [2.45, 2.75) is 33.2 Å². The first-order chi connectivity index (χ1) is 10.5. The first-order valence-corrected chi connectivity index (χ1v) is 8.00. The van der Waals surface area contributed by atoms with E-state index in [4.69, 9.17) is 4.74 Å². The minimum absolute atomic E-state index is 0.0465. The maximum absolute atomic E-state index is 12.2. The molecule has 0 aliphatic carbocycles. The molecule has 0 saturated carbocycles. The van der Waals surface area contributed by atoms with Crippen LogP contribution in [-0.4, -0.2) is 50.3 Å². The Morgan fingerprint density at radius 2 is 2.00 bits per heavy atom. The van der Waals surface area contributed by atoms with Gasteiger partial charge in [-0.2, -0.15) is 0 Å². The molecule has 122 valence electrons. The number of hydrogen-bond acceptors (Lipinski definition) is 3. The van der Waals surface area contributed by atoms with Crippen molar-refractivity contribution >= 4 is 11.7 Å². The minimum atomic E-state index is 0.0465. The standard InChI is InChI=1S/C17H27N3O2/c1-5-14(3)18-17(21)20-10-8-19(9-11-20)15-12-13(2)6-7-16(15)22-4/h6-7,12,14H,5,8-11H2,1-4H3,(H,18,21). The third-order valence-electron chi connectivity index (χ3n) is 4.22. The summed E-state index contributed by atoms with van der Waals surface area (Å²) in [4.78, 5) is 16.3. The van der Waals surface area contributed by atoms with Crippen molar-refractivity contribution < 1.29 is 9.53 Å². The summed E-state index contributed by atoms with van der Waals surface area (Å²) in [5.41, 5.74) is 2.33. The monoisotopic (exact) mass is 305 g/mol. The Morgan fingerprint density at radius 1 is 1.32 bits per heavy atom. The normalized spacial score (nSPS) is 16.4. The van der Waals surface area contributed by atoms with Crippen LogP contribution < -0.4 is 15.0 Å². The fourth-order valence-electron chi connectivity index (χ4n) is 2.60. The summed E-state index contributed by atoms with van der Waals surface area (Å²) >= 11 is 0. The summed E-state index contributed by atoms with van der Waals surface area (Å²) in [6, 6.07) is 6.48. The second kappa shape index (κ2) is 7.38. The summed E-state index contributed by atoms with van der Waals surface area (Å²) in [5, 5.41) is 3.03. The van der Waals surface area contributed by atoms with Crippen molar-refractivity contribution in [3.05, 3.63) is 23.8 Å². The molecule has 0 bridgehead atoms. The van der Waals surface area contributed by atoms with E-state index in [1.165, 1.54) is 5.56 Å². The van der Waals surface area contributed by atoms with E-state index in [9.17, 15) is 4.79 Å². The number of amides is 2. The van der Waals surface area contributed by atoms with E-state index in [0.29, 0.717) is 0 Å². The number of piperazine rings is 1. The summed E-state index contributed by atoms with van der Waals surface area (Å²) in [6.45, 7) is 9.32. The highest BCUT2D eigenvalue weighted by Gasteiger charge is 2.23. The molecule has 1 N–H and O–H groups in total. The molecular weight excluding hydrogens is 278 g/mol. The first-order valence-electron chi connectivity index (χ1n) is 8.00. The fraction of sp³-hybridized carbons (Fsp3) is 0.588. The van der Waals surface area contributed by atoms with Crippen LogP contribution in [0.2, 0.25) is 0 Å². The van der Waals surface area contributed by atoms with Gasteiger partial charge in [0.15, 0.2) is 0 Å². The number of nitrogens with zero attached hydrogens (tertiary/aromatic N) is 2. The Hall–Kier alpha value is -1.91. The molecule has 5 nitrogen and oxygen atoms in total. The lowest BCUT2D eigenvalue weighted by Crippen LogP contribution is -2.53. The predicted molar refractivity (Wildman–Crippen MR) is 89.8 cm³/mol. The van der Waals surface area contributed by atoms with Crippen LogP contribution in [0.4, 0.5) is 10.5 Å². The summed E-state index contributed by atoms with van der Waals surface area (Å²) in [6.07, 6.45) is 0.951. The molecule has 1 fully saturated rings. The number of urea groups is 1. The van der Waals surface area contributed by atoms with Gasteiger partial charge in [0.1, 0.15) is 5.75 Å². The second-order valence-corrected chi connectivity index (χ2v) is 5.91. The largest absolute Gasteiger partial charge is 0.495 e. The van der Waals surface area contributed by atoms with Crippen LogP contribution >= 0.6 is 0 Å². The zero-order valence-electron chi connectivity index (χ0n) is 14.1. The lowest BCUT2D eigenvalue weighted by molar-refractivity contribution is 0.190. The van der Waals surface area contributed by atoms with Gasteiger partial charge >= 0.3 is 6.03 Å². The summed E-state index contributed by atoms with van der Waals surface area (Å²) in [5.74, 6) is 0.892. The molecule has 2 amide bonds. The average Bonchev–Trinajstić information content (AvgIpc) is 2.54. The maximum atomic E-state index is 12.2. The molecule has 1 aliphatic rings. The Morgan fingerprint density at radius 3 is 2.59 bits per heavy atom. The fourth-order valence-corrected chi connectivity index (χ4v) is 2.60. The number of rotatable bonds is 4. The molecule has 22 heavy (non-hydrogen) atoms. The Bertz CT molecular complexity index is 511. The van der Waals surface area contributed by atoms with Crippen molar-refractivity contribution in [3.63, 3.8) is 0 Å². The molecule has 1 unspecified atom stereocenters. The van der Waals surface area contributed by atoms with E-state index < -0.39 is 0 Å². The van der Waals surface area contributed by atoms with E-state index in [1.807, 2.05) is 17.9 Å². The van der Waals surface area contributed by atoms with Crippen LogP contribution in [0.25, 0.3) is 0 Å². The van der Waals surface area contributed by atoms with Gasteiger partial charge in [0.05, 0.1) is 12.8 Å². The Labute approximate surface area is 133 Å². The Kier molecular flexibility index (Phi) is 5.52. The summed E-state index contributed by atoms with van der Waals surface area (Å²) < 4.78 is 5.46. The molecule has 0 aromatic heterocycles. The van der Waals surface area contributed by atoms with Gasteiger partial charge in [0.2, 0.25) is 0 Å². The lowest BCUT2D eigenvalue weighted by Gasteiger charge is -2.37. The molecule has 2 rings (SSSR count). The number of nitrogens with one attached hydrogen (secondary N) is 1. The molecule has 1 saturated heterocycles. The van der Waals surface area contributed by atoms with Gasteiger partial charge in [0, 0.05) is 32.2 Å². The topological polar surface area (TPSA) is 44.8 Å². The SMILES string of the molecule is CCC(C)NC(=O)N1CCN(c2cc(C)ccc2OC)CC1. The van der Waals surface area contributed by atoms with E-state index >= 15 is 0 Å². The molecule has 1 heterocycles. The Balaban J connectivity index is 1.97. The molecule has 5 heteroatoms. The van der Waals surface area contributed by atoms with Crippen molar-refractivity contribution in [1.82, 2.24) is 10.2 Å². The van der Waals surface area contributed by atoms with Crippen molar-refractivity contribution in [2.24, 2.45) is 0 Å². The van der Waals surface area contributed by atoms with Gasteiger partial charge in [-0.05, 0) is 38.0 Å². The average molecular weight is 305 g/mol. The smallest absolute Gasteiger partial charge is 0.317 e. The van der Waals surface area contributed by atoms with Crippen LogP contribution in [0, 0.1) is 6.92 Å². The third kappa shape index (κ3) is 3.84. The van der Waals surface area contributed by atoms with Crippen LogP contribution in [0.15, 0.2) is 18.2 Å². The number of carbonyl (C=O) groups excluding carboxylic acids is 1. The lowest BCUT2D eigenvalue weighted by atomic mass is 10.1. The van der Waals surface area contributed by atoms with Gasteiger partial charge in [-0.3, -0.25) is 0 Å². The molecule has 0 radical (unpaired) electrons. The zero-order valence-corrected chi connectivity index (χ0v) is 14.1. The van der Waals surface area contributed by atoms with Crippen molar-refractivity contribution in [2.75, 3.05) is 38.2 Å². The van der Waals surface area contributed by atoms with Gasteiger partial charge in [-0.25, -0.2) is 4.79 Å². The van der Waals surface area contributed by atoms with Crippen LogP contribution in [0.1, 0.15) is 25.8 Å². The third-order valence-corrected chi connectivity index (χ3v) is 4.22. The molecule has 1 aromatic carbocycles.